The van der Waals surface area contributed by atoms with Gasteiger partial charge in [-0.15, -0.1) is 0 Å². The number of methoxy groups -OCH3 is 2. The molecule has 0 bridgehead atoms. The van der Waals surface area contributed by atoms with Crippen LogP contribution in [0.1, 0.15) is 22.5 Å². The minimum Gasteiger partial charge on any atom is -0.481 e. The summed E-state index contributed by atoms with van der Waals surface area (Å²) in [5.41, 5.74) is 0.931. The van der Waals surface area contributed by atoms with Gasteiger partial charge in [-0.05, 0) is 19.1 Å². The summed E-state index contributed by atoms with van der Waals surface area (Å²) in [6.45, 7) is 2.01. The summed E-state index contributed by atoms with van der Waals surface area (Å²) < 4.78 is 9.68. The number of carbonyl (C=O) groups is 2. The van der Waals surface area contributed by atoms with Gasteiger partial charge in [-0.2, -0.15) is 0 Å². The Balaban J connectivity index is 2.67. The van der Waals surface area contributed by atoms with E-state index in [4.69, 9.17) is 9.84 Å². The number of esters is 1. The molecule has 1 aromatic rings. The average molecular weight is 282 g/mol. The number of anilines is 1. The van der Waals surface area contributed by atoms with E-state index in [1.54, 1.807) is 19.1 Å². The van der Waals surface area contributed by atoms with Crippen LogP contribution in [0.2, 0.25) is 0 Å². The van der Waals surface area contributed by atoms with E-state index < -0.39 is 18.0 Å². The number of rotatable bonds is 7. The maximum Gasteiger partial charge on any atom is 0.339 e. The summed E-state index contributed by atoms with van der Waals surface area (Å²) in [5, 5.41) is 11.7. The van der Waals surface area contributed by atoms with Gasteiger partial charge in [0.25, 0.3) is 0 Å². The minimum atomic E-state index is -0.927. The van der Waals surface area contributed by atoms with Crippen molar-refractivity contribution in [2.24, 2.45) is 0 Å². The zero-order valence-electron chi connectivity index (χ0n) is 11.7. The third-order valence-electron chi connectivity index (χ3n) is 2.74. The van der Waals surface area contributed by atoms with E-state index in [1.165, 1.54) is 14.2 Å². The third kappa shape index (κ3) is 4.51. The van der Waals surface area contributed by atoms with Crippen LogP contribution in [0.4, 0.5) is 5.82 Å². The van der Waals surface area contributed by atoms with Crippen LogP contribution in [0.5, 0.6) is 0 Å². The fourth-order valence-corrected chi connectivity index (χ4v) is 1.64. The van der Waals surface area contributed by atoms with E-state index in [-0.39, 0.29) is 6.42 Å². The topological polar surface area (TPSA) is 97.8 Å². The second-order valence-electron chi connectivity index (χ2n) is 4.16. The lowest BCUT2D eigenvalue weighted by Gasteiger charge is -2.15. The number of hydrogen-bond acceptors (Lipinski definition) is 6. The molecular weight excluding hydrogens is 264 g/mol. The van der Waals surface area contributed by atoms with Crippen LogP contribution in [-0.4, -0.2) is 48.9 Å². The van der Waals surface area contributed by atoms with Gasteiger partial charge in [-0.1, -0.05) is 0 Å². The first-order chi connectivity index (χ1) is 9.47. The van der Waals surface area contributed by atoms with Gasteiger partial charge in [0.05, 0.1) is 30.9 Å². The van der Waals surface area contributed by atoms with Gasteiger partial charge in [0.1, 0.15) is 5.82 Å². The lowest BCUT2D eigenvalue weighted by molar-refractivity contribution is -0.139. The molecule has 1 rings (SSSR count). The maximum absolute atomic E-state index is 11.4. The van der Waals surface area contributed by atoms with Crippen molar-refractivity contribution >= 4 is 17.8 Å². The molecule has 110 valence electrons. The van der Waals surface area contributed by atoms with Crippen molar-refractivity contribution in [2.45, 2.75) is 19.4 Å². The number of carbonyl (C=O) groups excluding carboxylic acids is 1. The van der Waals surface area contributed by atoms with Crippen molar-refractivity contribution in [3.05, 3.63) is 23.4 Å². The number of aromatic nitrogens is 1. The molecule has 0 aliphatic heterocycles. The molecule has 1 unspecified atom stereocenters. The van der Waals surface area contributed by atoms with Crippen LogP contribution < -0.4 is 5.32 Å². The molecule has 20 heavy (non-hydrogen) atoms. The fraction of sp³-hybridized carbons (Fsp3) is 0.462. The van der Waals surface area contributed by atoms with E-state index in [0.29, 0.717) is 23.6 Å². The molecular formula is C13H18N2O5. The van der Waals surface area contributed by atoms with Gasteiger partial charge in [-0.3, -0.25) is 4.79 Å². The molecule has 0 radical (unpaired) electrons. The van der Waals surface area contributed by atoms with Gasteiger partial charge < -0.3 is 19.9 Å². The smallest absolute Gasteiger partial charge is 0.339 e. The van der Waals surface area contributed by atoms with E-state index in [1.807, 2.05) is 0 Å². The van der Waals surface area contributed by atoms with Crippen molar-refractivity contribution in [2.75, 3.05) is 26.1 Å². The summed E-state index contributed by atoms with van der Waals surface area (Å²) in [7, 11) is 2.76. The Morgan fingerprint density at radius 1 is 1.40 bits per heavy atom. The molecule has 1 aromatic heterocycles. The Kier molecular flexibility index (Phi) is 5.92. The highest BCUT2D eigenvalue weighted by Gasteiger charge is 2.14. The number of nitrogens with zero attached hydrogens (tertiary/aromatic N) is 1. The molecule has 7 heteroatoms. The van der Waals surface area contributed by atoms with Gasteiger partial charge in [0.15, 0.2) is 0 Å². The molecule has 2 N–H and O–H groups in total. The Labute approximate surface area is 116 Å². The molecule has 0 aliphatic carbocycles. The van der Waals surface area contributed by atoms with Crippen LogP contribution in [-0.2, 0) is 14.3 Å². The van der Waals surface area contributed by atoms with Crippen LogP contribution in [0.15, 0.2) is 12.1 Å². The van der Waals surface area contributed by atoms with E-state index >= 15 is 0 Å². The molecule has 0 aromatic carbocycles. The number of pyridine rings is 1. The predicted octanol–water partition coefficient (Wildman–Crippen LogP) is 1.08. The summed E-state index contributed by atoms with van der Waals surface area (Å²) >= 11 is 0. The first kappa shape index (κ1) is 15.9. The Bertz CT molecular complexity index is 490. The number of ether oxygens (including phenoxy) is 2. The second kappa shape index (κ2) is 7.44. The van der Waals surface area contributed by atoms with Gasteiger partial charge in [0.2, 0.25) is 0 Å². The summed E-state index contributed by atoms with van der Waals surface area (Å²) in [6.07, 6.45) is -0.544. The molecule has 7 nitrogen and oxygen atoms in total. The first-order valence-corrected chi connectivity index (χ1v) is 6.02. The van der Waals surface area contributed by atoms with Crippen molar-refractivity contribution in [3.8, 4) is 0 Å². The number of aryl methyl sites for hydroxylation is 1. The second-order valence-corrected chi connectivity index (χ2v) is 4.16. The average Bonchev–Trinajstić information content (AvgIpc) is 2.42. The zero-order chi connectivity index (χ0) is 15.1. The molecule has 1 atom stereocenters. The summed E-state index contributed by atoms with van der Waals surface area (Å²) in [5.74, 6) is -0.825. The normalized spacial score (nSPS) is 11.8. The SMILES string of the molecule is COC(=O)c1ccc(NCC(CC(=O)O)OC)nc1C. The number of aliphatic carboxylic acids is 1. The highest BCUT2D eigenvalue weighted by atomic mass is 16.5. The van der Waals surface area contributed by atoms with Crippen LogP contribution in [0, 0.1) is 6.92 Å². The van der Waals surface area contributed by atoms with Crippen molar-refractivity contribution in [3.63, 3.8) is 0 Å². The Morgan fingerprint density at radius 2 is 2.10 bits per heavy atom. The lowest BCUT2D eigenvalue weighted by atomic mass is 10.2. The lowest BCUT2D eigenvalue weighted by Crippen LogP contribution is -2.25. The van der Waals surface area contributed by atoms with Crippen molar-refractivity contribution in [1.29, 1.82) is 0 Å². The number of carboxylic acids is 1. The van der Waals surface area contributed by atoms with Crippen LogP contribution in [0.3, 0.4) is 0 Å². The molecule has 0 spiro atoms. The molecule has 1 heterocycles. The van der Waals surface area contributed by atoms with Crippen molar-refractivity contribution < 1.29 is 24.2 Å². The number of carboxylic acid groups (broad SMARTS) is 1. The Morgan fingerprint density at radius 3 is 2.60 bits per heavy atom. The molecule has 0 amide bonds. The fourth-order valence-electron chi connectivity index (χ4n) is 1.64. The monoisotopic (exact) mass is 282 g/mol. The van der Waals surface area contributed by atoms with Gasteiger partial charge in [0, 0.05) is 13.7 Å². The van der Waals surface area contributed by atoms with Crippen LogP contribution in [0.25, 0.3) is 0 Å². The number of hydrogen-bond donors (Lipinski definition) is 2. The van der Waals surface area contributed by atoms with Crippen LogP contribution >= 0.6 is 0 Å². The third-order valence-corrected chi connectivity index (χ3v) is 2.74. The van der Waals surface area contributed by atoms with E-state index in [9.17, 15) is 9.59 Å². The molecule has 0 fully saturated rings. The first-order valence-electron chi connectivity index (χ1n) is 6.02. The highest BCUT2D eigenvalue weighted by Crippen LogP contribution is 2.12. The molecule has 0 saturated carbocycles. The van der Waals surface area contributed by atoms with Gasteiger partial charge >= 0.3 is 11.9 Å². The summed E-state index contributed by atoms with van der Waals surface area (Å²) in [6, 6.07) is 3.24. The van der Waals surface area contributed by atoms with Gasteiger partial charge in [-0.25, -0.2) is 9.78 Å². The Hall–Kier alpha value is -2.15. The zero-order valence-corrected chi connectivity index (χ0v) is 11.7. The maximum atomic E-state index is 11.4. The minimum absolute atomic E-state index is 0.0945. The molecule has 0 aliphatic rings. The van der Waals surface area contributed by atoms with E-state index in [2.05, 4.69) is 15.0 Å². The largest absolute Gasteiger partial charge is 0.481 e. The number of nitrogens with one attached hydrogen (secondary N) is 1. The molecule has 0 saturated heterocycles. The summed E-state index contributed by atoms with van der Waals surface area (Å²) in [4.78, 5) is 26.2. The quantitative estimate of drug-likeness (QED) is 0.722. The predicted molar refractivity (Wildman–Crippen MR) is 71.9 cm³/mol. The van der Waals surface area contributed by atoms with E-state index in [0.717, 1.165) is 0 Å². The highest BCUT2D eigenvalue weighted by molar-refractivity contribution is 5.90. The standard InChI is InChI=1S/C13H18N2O5/c1-8-10(13(18)20-3)4-5-11(15-8)14-7-9(19-2)6-12(16)17/h4-5,9H,6-7H2,1-3H3,(H,14,15)(H,16,17). The van der Waals surface area contributed by atoms with Crippen molar-refractivity contribution in [1.82, 2.24) is 4.98 Å².